The summed E-state index contributed by atoms with van der Waals surface area (Å²) in [5, 5.41) is 0.739. The van der Waals surface area contributed by atoms with Gasteiger partial charge in [-0.2, -0.15) is 0 Å². The third kappa shape index (κ3) is 2.94. The summed E-state index contributed by atoms with van der Waals surface area (Å²) in [7, 11) is 1.94. The summed E-state index contributed by atoms with van der Waals surface area (Å²) in [6, 6.07) is 7.84. The fourth-order valence-corrected chi connectivity index (χ4v) is 2.11. The Morgan fingerprint density at radius 3 is 2.74 bits per heavy atom. The molecule has 2 rings (SSSR count). The number of benzene rings is 1. The number of nitrogens with two attached hydrogens (primary N) is 1. The zero-order chi connectivity index (χ0) is 13.8. The number of nitrogens with zero attached hydrogens (tertiary/aromatic N) is 3. The van der Waals surface area contributed by atoms with Crippen LogP contribution in [0.1, 0.15) is 18.5 Å². The summed E-state index contributed by atoms with van der Waals surface area (Å²) in [6.07, 6.45) is 3.26. The molecule has 1 heterocycles. The van der Waals surface area contributed by atoms with E-state index in [4.69, 9.17) is 17.4 Å². The number of nitrogens with one attached hydrogen (secondary N) is 1. The van der Waals surface area contributed by atoms with Crippen molar-refractivity contribution >= 4 is 23.2 Å². The van der Waals surface area contributed by atoms with Crippen LogP contribution in [-0.4, -0.2) is 17.0 Å². The summed E-state index contributed by atoms with van der Waals surface area (Å²) in [6.45, 7) is 2.06. The topological polar surface area (TPSA) is 67.1 Å². The van der Waals surface area contributed by atoms with E-state index in [1.165, 1.54) is 0 Å². The highest BCUT2D eigenvalue weighted by atomic mass is 35.5. The fraction of sp³-hybridized carbons (Fsp3) is 0.231. The van der Waals surface area contributed by atoms with Crippen LogP contribution in [0.15, 0.2) is 36.7 Å². The molecule has 1 aromatic carbocycles. The third-order valence-corrected chi connectivity index (χ3v) is 3.41. The van der Waals surface area contributed by atoms with Crippen molar-refractivity contribution in [3.63, 3.8) is 0 Å². The standard InChI is InChI=1S/C13H16ClN5/c1-9(10-5-3-4-6-11(10)14)19(2)13-8-16-7-12(17-13)18-15/h3-9H,15H2,1-2H3,(H,17,18). The fourth-order valence-electron chi connectivity index (χ4n) is 1.82. The van der Waals surface area contributed by atoms with Gasteiger partial charge in [0.15, 0.2) is 5.82 Å². The molecule has 6 heteroatoms. The van der Waals surface area contributed by atoms with E-state index in [0.717, 1.165) is 16.4 Å². The Morgan fingerprint density at radius 1 is 1.32 bits per heavy atom. The largest absolute Gasteiger partial charge is 0.352 e. The van der Waals surface area contributed by atoms with Gasteiger partial charge in [-0.3, -0.25) is 4.98 Å². The minimum absolute atomic E-state index is 0.0797. The molecule has 3 N–H and O–H groups in total. The average Bonchev–Trinajstić information content (AvgIpc) is 2.46. The molecule has 1 aromatic heterocycles. The lowest BCUT2D eigenvalue weighted by Gasteiger charge is -2.26. The summed E-state index contributed by atoms with van der Waals surface area (Å²) >= 11 is 6.21. The summed E-state index contributed by atoms with van der Waals surface area (Å²) in [5.74, 6) is 6.59. The van der Waals surface area contributed by atoms with Gasteiger partial charge in [0.2, 0.25) is 0 Å². The zero-order valence-electron chi connectivity index (χ0n) is 10.8. The lowest BCUT2D eigenvalue weighted by Crippen LogP contribution is -2.23. The normalized spacial score (nSPS) is 12.0. The van der Waals surface area contributed by atoms with Crippen molar-refractivity contribution in [3.05, 3.63) is 47.2 Å². The Bertz CT molecular complexity index is 560. The number of nitrogen functional groups attached to an aromatic ring is 1. The molecule has 0 fully saturated rings. The van der Waals surface area contributed by atoms with Crippen LogP contribution in [-0.2, 0) is 0 Å². The van der Waals surface area contributed by atoms with E-state index in [0.29, 0.717) is 5.82 Å². The average molecular weight is 278 g/mol. The van der Waals surface area contributed by atoms with Gasteiger partial charge in [0.05, 0.1) is 18.4 Å². The molecule has 1 atom stereocenters. The Kier molecular flexibility index (Phi) is 4.19. The predicted molar refractivity (Wildman–Crippen MR) is 78.1 cm³/mol. The Labute approximate surface area is 117 Å². The molecule has 0 saturated carbocycles. The molecule has 0 aliphatic heterocycles. The molecule has 0 aliphatic carbocycles. The van der Waals surface area contributed by atoms with E-state index in [9.17, 15) is 0 Å². The van der Waals surface area contributed by atoms with Gasteiger partial charge in [-0.25, -0.2) is 10.8 Å². The van der Waals surface area contributed by atoms with Gasteiger partial charge in [0.25, 0.3) is 0 Å². The quantitative estimate of drug-likeness (QED) is 0.664. The summed E-state index contributed by atoms with van der Waals surface area (Å²) in [5.41, 5.74) is 3.53. The second-order valence-electron chi connectivity index (χ2n) is 4.22. The van der Waals surface area contributed by atoms with E-state index in [2.05, 4.69) is 22.3 Å². The van der Waals surface area contributed by atoms with E-state index in [1.54, 1.807) is 12.4 Å². The van der Waals surface area contributed by atoms with Crippen LogP contribution < -0.4 is 16.2 Å². The van der Waals surface area contributed by atoms with Gasteiger partial charge in [-0.1, -0.05) is 29.8 Å². The van der Waals surface area contributed by atoms with Crippen molar-refractivity contribution in [2.45, 2.75) is 13.0 Å². The molecular formula is C13H16ClN5. The van der Waals surface area contributed by atoms with Crippen LogP contribution >= 0.6 is 11.6 Å². The molecule has 2 aromatic rings. The number of halogens is 1. The van der Waals surface area contributed by atoms with Crippen molar-refractivity contribution in [2.75, 3.05) is 17.4 Å². The first-order valence-electron chi connectivity index (χ1n) is 5.89. The number of hydrogen-bond donors (Lipinski definition) is 2. The van der Waals surface area contributed by atoms with Crippen LogP contribution in [0.4, 0.5) is 11.6 Å². The van der Waals surface area contributed by atoms with Crippen molar-refractivity contribution < 1.29 is 0 Å². The molecule has 0 spiro atoms. The number of anilines is 2. The SMILES string of the molecule is CC(c1ccccc1Cl)N(C)c1cncc(NN)n1. The molecule has 5 nitrogen and oxygen atoms in total. The molecule has 0 bridgehead atoms. The maximum atomic E-state index is 6.21. The van der Waals surface area contributed by atoms with Gasteiger partial charge in [-0.15, -0.1) is 0 Å². The smallest absolute Gasteiger partial charge is 0.160 e. The predicted octanol–water partition coefficient (Wildman–Crippen LogP) is 2.61. The minimum atomic E-state index is 0.0797. The second-order valence-corrected chi connectivity index (χ2v) is 4.62. The Morgan fingerprint density at radius 2 is 2.05 bits per heavy atom. The number of hydrogen-bond acceptors (Lipinski definition) is 5. The van der Waals surface area contributed by atoms with Gasteiger partial charge in [-0.05, 0) is 18.6 Å². The minimum Gasteiger partial charge on any atom is -0.352 e. The third-order valence-electron chi connectivity index (χ3n) is 3.07. The number of hydrazine groups is 1. The monoisotopic (exact) mass is 277 g/mol. The number of rotatable bonds is 4. The van der Waals surface area contributed by atoms with Crippen molar-refractivity contribution in [2.24, 2.45) is 5.84 Å². The van der Waals surface area contributed by atoms with Crippen molar-refractivity contribution in [3.8, 4) is 0 Å². The van der Waals surface area contributed by atoms with E-state index >= 15 is 0 Å². The van der Waals surface area contributed by atoms with Gasteiger partial charge in [0, 0.05) is 12.1 Å². The zero-order valence-corrected chi connectivity index (χ0v) is 11.6. The van der Waals surface area contributed by atoms with Gasteiger partial charge >= 0.3 is 0 Å². The second kappa shape index (κ2) is 5.86. The molecule has 0 saturated heterocycles. The first-order chi connectivity index (χ1) is 9.13. The molecule has 0 amide bonds. The van der Waals surface area contributed by atoms with E-state index in [1.807, 2.05) is 36.2 Å². The maximum Gasteiger partial charge on any atom is 0.160 e. The highest BCUT2D eigenvalue weighted by molar-refractivity contribution is 6.31. The molecule has 100 valence electrons. The van der Waals surface area contributed by atoms with Crippen LogP contribution in [0.5, 0.6) is 0 Å². The van der Waals surface area contributed by atoms with Crippen LogP contribution in [0.3, 0.4) is 0 Å². The van der Waals surface area contributed by atoms with Gasteiger partial charge in [0.1, 0.15) is 5.82 Å². The van der Waals surface area contributed by atoms with Crippen LogP contribution in [0.25, 0.3) is 0 Å². The lowest BCUT2D eigenvalue weighted by atomic mass is 10.1. The highest BCUT2D eigenvalue weighted by Gasteiger charge is 2.16. The van der Waals surface area contributed by atoms with Crippen molar-refractivity contribution in [1.82, 2.24) is 9.97 Å². The Balaban J connectivity index is 2.28. The van der Waals surface area contributed by atoms with Crippen LogP contribution in [0.2, 0.25) is 5.02 Å². The van der Waals surface area contributed by atoms with E-state index < -0.39 is 0 Å². The molecule has 1 unspecified atom stereocenters. The molecule has 19 heavy (non-hydrogen) atoms. The highest BCUT2D eigenvalue weighted by Crippen LogP contribution is 2.28. The van der Waals surface area contributed by atoms with E-state index in [-0.39, 0.29) is 6.04 Å². The first-order valence-corrected chi connectivity index (χ1v) is 6.27. The lowest BCUT2D eigenvalue weighted by molar-refractivity contribution is 0.727. The first kappa shape index (κ1) is 13.6. The van der Waals surface area contributed by atoms with Crippen LogP contribution in [0, 0.1) is 0 Å². The maximum absolute atomic E-state index is 6.21. The summed E-state index contributed by atoms with van der Waals surface area (Å²) < 4.78 is 0. The molecular weight excluding hydrogens is 262 g/mol. The van der Waals surface area contributed by atoms with Crippen molar-refractivity contribution in [1.29, 1.82) is 0 Å². The number of aromatic nitrogens is 2. The van der Waals surface area contributed by atoms with Gasteiger partial charge < -0.3 is 10.3 Å². The summed E-state index contributed by atoms with van der Waals surface area (Å²) in [4.78, 5) is 10.4. The molecule has 0 radical (unpaired) electrons. The molecule has 0 aliphatic rings. The Hall–Kier alpha value is -1.85.